The summed E-state index contributed by atoms with van der Waals surface area (Å²) in [5.41, 5.74) is 4.39. The van der Waals surface area contributed by atoms with Crippen molar-refractivity contribution in [2.24, 2.45) is 0 Å². The van der Waals surface area contributed by atoms with Crippen LogP contribution >= 0.6 is 14.3 Å². The highest BCUT2D eigenvalue weighted by molar-refractivity contribution is 7.62. The van der Waals surface area contributed by atoms with Gasteiger partial charge in [-0.15, -0.1) is 0 Å². The fourth-order valence-corrected chi connectivity index (χ4v) is 10.2. The predicted molar refractivity (Wildman–Crippen MR) is 167 cm³/mol. The Bertz CT molecular complexity index is 1150. The number of benzene rings is 4. The highest BCUT2D eigenvalue weighted by Gasteiger charge is 2.24. The summed E-state index contributed by atoms with van der Waals surface area (Å²) in [7, 11) is -5.03. The summed E-state index contributed by atoms with van der Waals surface area (Å²) in [6.45, 7) is 1.72. The number of hydrogen-bond acceptors (Lipinski definition) is 4. The lowest BCUT2D eigenvalue weighted by atomic mass is 10.2. The molecule has 0 aliphatic carbocycles. The van der Waals surface area contributed by atoms with E-state index in [1.165, 1.54) is 0 Å². The van der Waals surface area contributed by atoms with Crippen molar-refractivity contribution < 1.29 is 18.6 Å². The van der Waals surface area contributed by atoms with Gasteiger partial charge < -0.3 is 18.6 Å². The SMILES string of the molecule is O=P(CCOCCOCCP(=O)(Cc1ccccc1)Cc1ccccc1)(Cc1ccccc1)Cc1ccccc1. The molecule has 4 nitrogen and oxygen atoms in total. The van der Waals surface area contributed by atoms with Crippen molar-refractivity contribution in [2.45, 2.75) is 24.6 Å². The van der Waals surface area contributed by atoms with Crippen LogP contribution in [0.2, 0.25) is 0 Å². The van der Waals surface area contributed by atoms with Gasteiger partial charge in [0.15, 0.2) is 0 Å². The minimum Gasteiger partial charge on any atom is -0.379 e. The average Bonchev–Trinajstić information content (AvgIpc) is 2.96. The van der Waals surface area contributed by atoms with Crippen LogP contribution in [0.25, 0.3) is 0 Å². The molecule has 0 fully saturated rings. The third-order valence-corrected chi connectivity index (χ3v) is 12.7. The molecule has 0 bridgehead atoms. The van der Waals surface area contributed by atoms with Gasteiger partial charge in [-0.3, -0.25) is 0 Å². The van der Waals surface area contributed by atoms with E-state index in [4.69, 9.17) is 9.47 Å². The van der Waals surface area contributed by atoms with E-state index in [1.54, 1.807) is 0 Å². The highest BCUT2D eigenvalue weighted by Crippen LogP contribution is 2.53. The van der Waals surface area contributed by atoms with Crippen LogP contribution in [0.15, 0.2) is 121 Å². The van der Waals surface area contributed by atoms with E-state index >= 15 is 0 Å². The molecule has 0 aliphatic heterocycles. The Kier molecular flexibility index (Phi) is 12.0. The van der Waals surface area contributed by atoms with Gasteiger partial charge in [0, 0.05) is 37.0 Å². The summed E-state index contributed by atoms with van der Waals surface area (Å²) in [5, 5.41) is 0. The van der Waals surface area contributed by atoms with E-state index in [2.05, 4.69) is 0 Å². The maximum Gasteiger partial charge on any atom is 0.0983 e. The molecule has 0 atom stereocenters. The Morgan fingerprint density at radius 3 is 0.875 bits per heavy atom. The smallest absolute Gasteiger partial charge is 0.0983 e. The van der Waals surface area contributed by atoms with Gasteiger partial charge in [0.05, 0.1) is 40.7 Å². The van der Waals surface area contributed by atoms with Crippen molar-refractivity contribution in [3.8, 4) is 0 Å². The summed E-state index contributed by atoms with van der Waals surface area (Å²) >= 11 is 0. The minimum atomic E-state index is -2.52. The van der Waals surface area contributed by atoms with Crippen molar-refractivity contribution in [3.63, 3.8) is 0 Å². The zero-order chi connectivity index (χ0) is 27.9. The fraction of sp³-hybridized carbons (Fsp3) is 0.294. The summed E-state index contributed by atoms with van der Waals surface area (Å²) in [6, 6.07) is 40.2. The Morgan fingerprint density at radius 1 is 0.375 bits per heavy atom. The third kappa shape index (κ3) is 10.7. The van der Waals surface area contributed by atoms with Crippen molar-refractivity contribution in [1.82, 2.24) is 0 Å². The topological polar surface area (TPSA) is 52.6 Å². The molecule has 4 aromatic rings. The van der Waals surface area contributed by atoms with Crippen LogP contribution in [0.3, 0.4) is 0 Å². The molecule has 0 N–H and O–H groups in total. The quantitative estimate of drug-likeness (QED) is 0.0937. The Labute approximate surface area is 239 Å². The van der Waals surface area contributed by atoms with Crippen molar-refractivity contribution >= 4 is 14.3 Å². The molecular formula is C34H40O4P2. The second-order valence-electron chi connectivity index (χ2n) is 10.4. The minimum absolute atomic E-state index is 0.429. The first kappa shape index (κ1) is 30.2. The number of ether oxygens (including phenoxy) is 2. The standard InChI is InChI=1S/C34H40O4P2/c35-39(27-31-13-5-1-6-14-31,28-32-15-7-2-8-16-32)25-23-37-21-22-38-24-26-40(36,29-33-17-9-3-10-18-33)30-34-19-11-4-12-20-34/h1-20H,21-30H2. The summed E-state index contributed by atoms with van der Waals surface area (Å²) in [4.78, 5) is 0. The molecule has 6 heteroatoms. The maximum absolute atomic E-state index is 14.0. The van der Waals surface area contributed by atoms with E-state index < -0.39 is 14.3 Å². The van der Waals surface area contributed by atoms with E-state index in [0.29, 0.717) is 63.4 Å². The normalized spacial score (nSPS) is 11.9. The summed E-state index contributed by atoms with van der Waals surface area (Å²) in [6.07, 6.45) is 3.34. The van der Waals surface area contributed by atoms with Crippen LogP contribution in [0.1, 0.15) is 22.3 Å². The van der Waals surface area contributed by atoms with Gasteiger partial charge in [-0.1, -0.05) is 121 Å². The first-order valence-electron chi connectivity index (χ1n) is 14.0. The molecule has 0 radical (unpaired) electrons. The first-order valence-corrected chi connectivity index (χ1v) is 18.5. The van der Waals surface area contributed by atoms with Gasteiger partial charge in [-0.25, -0.2) is 0 Å². The molecule has 210 valence electrons. The van der Waals surface area contributed by atoms with Gasteiger partial charge in [-0.05, 0) is 22.3 Å². The van der Waals surface area contributed by atoms with E-state index in [0.717, 1.165) is 22.3 Å². The van der Waals surface area contributed by atoms with E-state index in [1.807, 2.05) is 121 Å². The fourth-order valence-electron chi connectivity index (χ4n) is 4.88. The van der Waals surface area contributed by atoms with Crippen LogP contribution in [-0.2, 0) is 43.3 Å². The number of rotatable bonds is 17. The van der Waals surface area contributed by atoms with Crippen molar-refractivity contribution in [2.75, 3.05) is 38.8 Å². The molecule has 0 amide bonds. The molecule has 0 saturated heterocycles. The zero-order valence-corrected chi connectivity index (χ0v) is 24.9. The second kappa shape index (κ2) is 15.9. The van der Waals surface area contributed by atoms with Gasteiger partial charge in [0.2, 0.25) is 0 Å². The molecule has 4 aromatic carbocycles. The Hall–Kier alpha value is -2.74. The monoisotopic (exact) mass is 574 g/mol. The number of hydrogen-bond donors (Lipinski definition) is 0. The third-order valence-electron chi connectivity index (χ3n) is 6.91. The Balaban J connectivity index is 1.23. The zero-order valence-electron chi connectivity index (χ0n) is 23.1. The maximum atomic E-state index is 14.0. The van der Waals surface area contributed by atoms with Gasteiger partial charge in [-0.2, -0.15) is 0 Å². The predicted octanol–water partition coefficient (Wildman–Crippen LogP) is 8.55. The summed E-state index contributed by atoms with van der Waals surface area (Å²) < 4.78 is 39.6. The highest BCUT2D eigenvalue weighted by atomic mass is 31.2. The lowest BCUT2D eigenvalue weighted by Crippen LogP contribution is -2.12. The second-order valence-corrected chi connectivity index (χ2v) is 16.8. The van der Waals surface area contributed by atoms with Gasteiger partial charge in [0.1, 0.15) is 0 Å². The van der Waals surface area contributed by atoms with Crippen LogP contribution in [-0.4, -0.2) is 38.8 Å². The molecule has 4 rings (SSSR count). The molecule has 0 spiro atoms. The lowest BCUT2D eigenvalue weighted by Gasteiger charge is -2.20. The van der Waals surface area contributed by atoms with Crippen LogP contribution < -0.4 is 0 Å². The van der Waals surface area contributed by atoms with E-state index in [-0.39, 0.29) is 0 Å². The van der Waals surface area contributed by atoms with Gasteiger partial charge in [0.25, 0.3) is 0 Å². The van der Waals surface area contributed by atoms with Crippen molar-refractivity contribution in [1.29, 1.82) is 0 Å². The van der Waals surface area contributed by atoms with Crippen molar-refractivity contribution in [3.05, 3.63) is 144 Å². The molecule has 0 saturated carbocycles. The molecule has 0 aromatic heterocycles. The van der Waals surface area contributed by atoms with Gasteiger partial charge >= 0.3 is 0 Å². The van der Waals surface area contributed by atoms with E-state index in [9.17, 15) is 9.13 Å². The average molecular weight is 575 g/mol. The largest absolute Gasteiger partial charge is 0.379 e. The molecular weight excluding hydrogens is 534 g/mol. The molecule has 0 heterocycles. The van der Waals surface area contributed by atoms with Crippen LogP contribution in [0, 0.1) is 0 Å². The molecule has 40 heavy (non-hydrogen) atoms. The first-order chi connectivity index (χ1) is 19.5. The lowest BCUT2D eigenvalue weighted by molar-refractivity contribution is 0.0595. The van der Waals surface area contributed by atoms with Crippen LogP contribution in [0.5, 0.6) is 0 Å². The Morgan fingerprint density at radius 2 is 0.625 bits per heavy atom. The van der Waals surface area contributed by atoms with Crippen LogP contribution in [0.4, 0.5) is 0 Å². The summed E-state index contributed by atoms with van der Waals surface area (Å²) in [5.74, 6) is 0. The molecule has 0 unspecified atom stereocenters. The molecule has 0 aliphatic rings.